The zero-order valence-corrected chi connectivity index (χ0v) is 12.0. The molecule has 2 aromatic heterocycles. The Balaban J connectivity index is 1.75. The Hall–Kier alpha value is -1.68. The molecule has 0 atom stereocenters. The van der Waals surface area contributed by atoms with Crippen LogP contribution in [0.25, 0.3) is 15.2 Å². The van der Waals surface area contributed by atoms with Gasteiger partial charge in [-0.3, -0.25) is 9.20 Å². The van der Waals surface area contributed by atoms with E-state index >= 15 is 0 Å². The lowest BCUT2D eigenvalue weighted by Gasteiger charge is -2.18. The summed E-state index contributed by atoms with van der Waals surface area (Å²) in [6.45, 7) is 0. The Bertz CT molecular complexity index is 780. The quantitative estimate of drug-likeness (QED) is 0.657. The molecule has 0 amide bonds. The molecule has 2 heterocycles. The largest absolute Gasteiger partial charge is 0.292 e. The fraction of sp³-hybridized carbons (Fsp3) is 0.375. The number of imidazole rings is 1. The van der Waals surface area contributed by atoms with Crippen molar-refractivity contribution < 1.29 is 4.79 Å². The molecule has 3 aromatic rings. The summed E-state index contributed by atoms with van der Waals surface area (Å²) < 4.78 is 3.27. The lowest BCUT2D eigenvalue weighted by Crippen LogP contribution is -2.18. The average molecular weight is 284 g/mol. The molecule has 1 fully saturated rings. The predicted molar refractivity (Wildman–Crippen MR) is 81.5 cm³/mol. The lowest BCUT2D eigenvalue weighted by atomic mass is 9.85. The number of fused-ring (bicyclic) bond motifs is 3. The Labute approximate surface area is 121 Å². The highest BCUT2D eigenvalue weighted by Gasteiger charge is 2.24. The van der Waals surface area contributed by atoms with E-state index in [0.717, 1.165) is 23.3 Å². The highest BCUT2D eigenvalue weighted by Crippen LogP contribution is 2.29. The number of carbonyl (C=O) groups is 1. The summed E-state index contributed by atoms with van der Waals surface area (Å²) in [7, 11) is 0. The van der Waals surface area contributed by atoms with Gasteiger partial charge in [-0.25, -0.2) is 4.98 Å². The van der Waals surface area contributed by atoms with Crippen molar-refractivity contribution in [2.45, 2.75) is 32.1 Å². The van der Waals surface area contributed by atoms with E-state index in [4.69, 9.17) is 0 Å². The molecule has 0 unspecified atom stereocenters. The maximum Gasteiger partial charge on any atom is 0.195 e. The van der Waals surface area contributed by atoms with Gasteiger partial charge in [0, 0.05) is 12.1 Å². The van der Waals surface area contributed by atoms with Gasteiger partial charge in [0.25, 0.3) is 0 Å². The Morgan fingerprint density at radius 2 is 2.00 bits per heavy atom. The van der Waals surface area contributed by atoms with Gasteiger partial charge in [0.05, 0.1) is 10.2 Å². The number of ketones is 1. The first kappa shape index (κ1) is 12.1. The molecule has 0 spiro atoms. The van der Waals surface area contributed by atoms with Gasteiger partial charge in [0.15, 0.2) is 10.7 Å². The summed E-state index contributed by atoms with van der Waals surface area (Å²) in [6, 6.07) is 8.23. The maximum absolute atomic E-state index is 12.5. The second-order valence-corrected chi connectivity index (χ2v) is 6.56. The molecule has 20 heavy (non-hydrogen) atoms. The number of Topliss-reactive ketones (excluding diaryl/α,β-unsaturated/α-hetero) is 1. The fourth-order valence-electron chi connectivity index (χ4n) is 3.14. The van der Waals surface area contributed by atoms with Crippen molar-refractivity contribution in [1.82, 2.24) is 9.38 Å². The molecule has 4 rings (SSSR count). The van der Waals surface area contributed by atoms with E-state index in [-0.39, 0.29) is 11.7 Å². The molecule has 1 aliphatic carbocycles. The summed E-state index contributed by atoms with van der Waals surface area (Å²) >= 11 is 1.65. The number of hydrogen-bond donors (Lipinski definition) is 0. The average Bonchev–Trinajstić information content (AvgIpc) is 3.05. The molecular weight excluding hydrogens is 268 g/mol. The van der Waals surface area contributed by atoms with Gasteiger partial charge in [-0.05, 0) is 25.0 Å². The third-order valence-electron chi connectivity index (χ3n) is 4.23. The monoisotopic (exact) mass is 284 g/mol. The maximum atomic E-state index is 12.5. The molecule has 102 valence electrons. The minimum atomic E-state index is 0.194. The van der Waals surface area contributed by atoms with Crippen LogP contribution in [0.2, 0.25) is 0 Å². The molecule has 0 aliphatic heterocycles. The van der Waals surface area contributed by atoms with E-state index in [9.17, 15) is 4.79 Å². The second kappa shape index (κ2) is 4.70. The standard InChI is InChI=1S/C16H16N2OS/c19-15(11-6-2-1-3-7-11)12-10-18-13-8-4-5-9-14(13)20-16(18)17-12/h4-5,8-11H,1-3,6-7H2. The fourth-order valence-corrected chi connectivity index (χ4v) is 4.15. The van der Waals surface area contributed by atoms with Gasteiger partial charge < -0.3 is 0 Å². The van der Waals surface area contributed by atoms with Crippen LogP contribution in [-0.4, -0.2) is 15.2 Å². The van der Waals surface area contributed by atoms with E-state index in [1.165, 1.54) is 24.0 Å². The molecule has 0 N–H and O–H groups in total. The molecule has 1 aromatic carbocycles. The number of para-hydroxylation sites is 1. The van der Waals surface area contributed by atoms with Crippen molar-refractivity contribution in [1.29, 1.82) is 0 Å². The van der Waals surface area contributed by atoms with E-state index in [1.807, 2.05) is 18.3 Å². The summed E-state index contributed by atoms with van der Waals surface area (Å²) in [4.78, 5) is 18.0. The van der Waals surface area contributed by atoms with Crippen LogP contribution >= 0.6 is 11.3 Å². The highest BCUT2D eigenvalue weighted by atomic mass is 32.1. The SMILES string of the molecule is O=C(c1cn2c(n1)sc1ccccc12)C1CCCCC1. The molecule has 3 nitrogen and oxygen atoms in total. The van der Waals surface area contributed by atoms with Crippen LogP contribution in [0.15, 0.2) is 30.5 Å². The summed E-state index contributed by atoms with van der Waals surface area (Å²) in [5.74, 6) is 0.435. The van der Waals surface area contributed by atoms with Crippen molar-refractivity contribution in [2.24, 2.45) is 5.92 Å². The van der Waals surface area contributed by atoms with Crippen molar-refractivity contribution >= 4 is 32.3 Å². The zero-order valence-electron chi connectivity index (χ0n) is 11.2. The number of rotatable bonds is 2. The van der Waals surface area contributed by atoms with E-state index in [0.29, 0.717) is 5.69 Å². The third kappa shape index (κ3) is 1.86. The number of carbonyl (C=O) groups excluding carboxylic acids is 1. The second-order valence-electron chi connectivity index (χ2n) is 5.55. The van der Waals surface area contributed by atoms with Gasteiger partial charge in [-0.1, -0.05) is 42.7 Å². The van der Waals surface area contributed by atoms with Crippen molar-refractivity contribution in [3.63, 3.8) is 0 Å². The van der Waals surface area contributed by atoms with Gasteiger partial charge in [0.2, 0.25) is 0 Å². The van der Waals surface area contributed by atoms with Crippen LogP contribution in [-0.2, 0) is 0 Å². The number of hydrogen-bond acceptors (Lipinski definition) is 3. The van der Waals surface area contributed by atoms with E-state index in [2.05, 4.69) is 21.5 Å². The molecule has 0 radical (unpaired) electrons. The third-order valence-corrected chi connectivity index (χ3v) is 5.26. The minimum absolute atomic E-state index is 0.194. The van der Waals surface area contributed by atoms with Crippen molar-refractivity contribution in [3.8, 4) is 0 Å². The summed E-state index contributed by atoms with van der Waals surface area (Å²) in [5, 5.41) is 0. The van der Waals surface area contributed by atoms with Gasteiger partial charge in [-0.2, -0.15) is 0 Å². The topological polar surface area (TPSA) is 34.4 Å². The summed E-state index contributed by atoms with van der Waals surface area (Å²) in [6.07, 6.45) is 7.62. The van der Waals surface area contributed by atoms with Crippen LogP contribution < -0.4 is 0 Å². The van der Waals surface area contributed by atoms with Gasteiger partial charge >= 0.3 is 0 Å². The van der Waals surface area contributed by atoms with Crippen LogP contribution in [0.5, 0.6) is 0 Å². The van der Waals surface area contributed by atoms with Crippen LogP contribution in [0.1, 0.15) is 42.6 Å². The first-order valence-electron chi connectivity index (χ1n) is 7.24. The Morgan fingerprint density at radius 1 is 1.20 bits per heavy atom. The highest BCUT2D eigenvalue weighted by molar-refractivity contribution is 7.23. The number of benzene rings is 1. The number of aromatic nitrogens is 2. The summed E-state index contributed by atoms with van der Waals surface area (Å²) in [5.41, 5.74) is 1.79. The predicted octanol–water partition coefficient (Wildman–Crippen LogP) is 4.31. The lowest BCUT2D eigenvalue weighted by molar-refractivity contribution is 0.0885. The van der Waals surface area contributed by atoms with Crippen LogP contribution in [0, 0.1) is 5.92 Å². The Kier molecular flexibility index (Phi) is 2.84. The zero-order chi connectivity index (χ0) is 13.5. The van der Waals surface area contributed by atoms with E-state index in [1.54, 1.807) is 11.3 Å². The molecular formula is C16H16N2OS. The smallest absolute Gasteiger partial charge is 0.195 e. The Morgan fingerprint density at radius 3 is 2.85 bits per heavy atom. The van der Waals surface area contributed by atoms with Gasteiger partial charge in [0.1, 0.15) is 5.69 Å². The first-order valence-corrected chi connectivity index (χ1v) is 8.05. The number of thiazole rings is 1. The van der Waals surface area contributed by atoms with Crippen molar-refractivity contribution in [3.05, 3.63) is 36.2 Å². The molecule has 1 saturated carbocycles. The van der Waals surface area contributed by atoms with E-state index < -0.39 is 0 Å². The van der Waals surface area contributed by atoms with Crippen LogP contribution in [0.3, 0.4) is 0 Å². The molecule has 4 heteroatoms. The molecule has 0 bridgehead atoms. The van der Waals surface area contributed by atoms with Crippen molar-refractivity contribution in [2.75, 3.05) is 0 Å². The normalized spacial score (nSPS) is 17.0. The molecule has 1 aliphatic rings. The minimum Gasteiger partial charge on any atom is -0.292 e. The van der Waals surface area contributed by atoms with Gasteiger partial charge in [-0.15, -0.1) is 0 Å². The first-order chi connectivity index (χ1) is 9.83. The number of nitrogens with zero attached hydrogens (tertiary/aromatic N) is 2. The van der Waals surface area contributed by atoms with Crippen LogP contribution in [0.4, 0.5) is 0 Å². The molecule has 0 saturated heterocycles.